The lowest BCUT2D eigenvalue weighted by Crippen LogP contribution is -1.96. The molecule has 2 rings (SSSR count). The zero-order valence-corrected chi connectivity index (χ0v) is 12.1. The van der Waals surface area contributed by atoms with Crippen molar-refractivity contribution < 1.29 is 14.6 Å². The minimum atomic E-state index is -0.0177. The van der Waals surface area contributed by atoms with E-state index in [1.807, 2.05) is 6.92 Å². The van der Waals surface area contributed by atoms with Gasteiger partial charge in [0.25, 0.3) is 0 Å². The van der Waals surface area contributed by atoms with Gasteiger partial charge in [0.15, 0.2) is 11.5 Å². The highest BCUT2D eigenvalue weighted by Gasteiger charge is 2.11. The van der Waals surface area contributed by atoms with Crippen molar-refractivity contribution in [3.8, 4) is 17.2 Å². The molecule has 2 N–H and O–H groups in total. The largest absolute Gasteiger partial charge is 0.502 e. The van der Waals surface area contributed by atoms with Gasteiger partial charge in [0.1, 0.15) is 0 Å². The number of rotatable bonds is 5. The number of anilines is 1. The lowest BCUT2D eigenvalue weighted by molar-refractivity contribution is 0.339. The van der Waals surface area contributed by atoms with Gasteiger partial charge in [-0.2, -0.15) is 0 Å². The Kier molecular flexibility index (Phi) is 4.61. The van der Waals surface area contributed by atoms with Crippen molar-refractivity contribution in [1.29, 1.82) is 0 Å². The molecule has 1 aromatic heterocycles. The van der Waals surface area contributed by atoms with Crippen molar-refractivity contribution >= 4 is 11.5 Å². The molecule has 0 atom stereocenters. The van der Waals surface area contributed by atoms with Crippen molar-refractivity contribution in [2.45, 2.75) is 6.92 Å². The normalized spacial score (nSPS) is 11.1. The van der Waals surface area contributed by atoms with Crippen molar-refractivity contribution in [2.24, 2.45) is 0 Å². The van der Waals surface area contributed by atoms with Crippen molar-refractivity contribution in [3.05, 3.63) is 42.4 Å². The fraction of sp³-hybridized carbons (Fsp3) is 0.200. The number of hydrogen-bond acceptors (Lipinski definition) is 6. The SMILES string of the molecule is COc1cc(/C(C)=C/Nc2ncccn2)cc(OC)c1O. The Morgan fingerprint density at radius 3 is 2.24 bits per heavy atom. The average Bonchev–Trinajstić information content (AvgIpc) is 2.53. The molecule has 0 aliphatic rings. The Labute approximate surface area is 123 Å². The highest BCUT2D eigenvalue weighted by Crippen LogP contribution is 2.38. The standard InChI is InChI=1S/C15H17N3O3/c1-10(9-18-15-16-5-4-6-17-15)11-7-12(20-2)14(19)13(8-11)21-3/h4-9,19H,1-3H3,(H,16,17,18)/b10-9+. The molecule has 6 nitrogen and oxygen atoms in total. The first-order valence-corrected chi connectivity index (χ1v) is 6.31. The number of aromatic hydroxyl groups is 1. The molecule has 110 valence electrons. The number of aromatic nitrogens is 2. The summed E-state index contributed by atoms with van der Waals surface area (Å²) >= 11 is 0. The molecule has 0 fully saturated rings. The third kappa shape index (κ3) is 3.42. The molecular formula is C15H17N3O3. The number of methoxy groups -OCH3 is 2. The summed E-state index contributed by atoms with van der Waals surface area (Å²) < 4.78 is 10.3. The minimum Gasteiger partial charge on any atom is -0.502 e. The van der Waals surface area contributed by atoms with Crippen LogP contribution in [0.4, 0.5) is 5.95 Å². The highest BCUT2D eigenvalue weighted by molar-refractivity contribution is 5.70. The summed E-state index contributed by atoms with van der Waals surface area (Å²) in [5.74, 6) is 1.20. The van der Waals surface area contributed by atoms with Crippen LogP contribution in [0.25, 0.3) is 5.57 Å². The van der Waals surface area contributed by atoms with Crippen LogP contribution in [0.15, 0.2) is 36.8 Å². The zero-order valence-electron chi connectivity index (χ0n) is 12.1. The van der Waals surface area contributed by atoms with E-state index < -0.39 is 0 Å². The second kappa shape index (κ2) is 6.60. The van der Waals surface area contributed by atoms with Crippen LogP contribution < -0.4 is 14.8 Å². The summed E-state index contributed by atoms with van der Waals surface area (Å²) in [5, 5.41) is 12.9. The third-order valence-electron chi connectivity index (χ3n) is 2.92. The van der Waals surface area contributed by atoms with Gasteiger partial charge < -0.3 is 19.9 Å². The first-order chi connectivity index (χ1) is 10.2. The van der Waals surface area contributed by atoms with Gasteiger partial charge in [0.2, 0.25) is 11.7 Å². The molecule has 0 aliphatic heterocycles. The quantitative estimate of drug-likeness (QED) is 0.880. The van der Waals surface area contributed by atoms with Gasteiger partial charge in [-0.3, -0.25) is 0 Å². The summed E-state index contributed by atoms with van der Waals surface area (Å²) in [5.41, 5.74) is 1.77. The molecular weight excluding hydrogens is 270 g/mol. The summed E-state index contributed by atoms with van der Waals surface area (Å²) in [6.45, 7) is 1.92. The van der Waals surface area contributed by atoms with Gasteiger partial charge in [-0.1, -0.05) is 0 Å². The third-order valence-corrected chi connectivity index (χ3v) is 2.92. The van der Waals surface area contributed by atoms with E-state index in [1.54, 1.807) is 36.8 Å². The molecule has 2 aromatic rings. The van der Waals surface area contributed by atoms with E-state index in [0.717, 1.165) is 11.1 Å². The van der Waals surface area contributed by atoms with Crippen LogP contribution in [0.5, 0.6) is 17.2 Å². The van der Waals surface area contributed by atoms with Crippen molar-refractivity contribution in [3.63, 3.8) is 0 Å². The first kappa shape index (κ1) is 14.6. The summed E-state index contributed by atoms with van der Waals surface area (Å²) in [6, 6.07) is 5.21. The monoisotopic (exact) mass is 287 g/mol. The number of benzene rings is 1. The molecule has 0 amide bonds. The molecule has 6 heteroatoms. The Balaban J connectivity index is 2.28. The smallest absolute Gasteiger partial charge is 0.226 e. The molecule has 1 heterocycles. The van der Waals surface area contributed by atoms with Crippen LogP contribution in [0.2, 0.25) is 0 Å². The number of phenolic OH excluding ortho intramolecular Hbond substituents is 1. The maximum atomic E-state index is 9.90. The molecule has 0 saturated heterocycles. The number of ether oxygens (including phenoxy) is 2. The van der Waals surface area contributed by atoms with Gasteiger partial charge in [-0.05, 0) is 36.3 Å². The van der Waals surface area contributed by atoms with E-state index >= 15 is 0 Å². The lowest BCUT2D eigenvalue weighted by atomic mass is 10.1. The second-order valence-electron chi connectivity index (χ2n) is 4.27. The van der Waals surface area contributed by atoms with Crippen molar-refractivity contribution in [1.82, 2.24) is 9.97 Å². The maximum Gasteiger partial charge on any atom is 0.226 e. The molecule has 0 aliphatic carbocycles. The fourth-order valence-corrected chi connectivity index (χ4v) is 1.75. The molecule has 0 bridgehead atoms. The topological polar surface area (TPSA) is 76.5 Å². The van der Waals surface area contributed by atoms with E-state index in [-0.39, 0.29) is 5.75 Å². The van der Waals surface area contributed by atoms with Crippen LogP contribution in [0.3, 0.4) is 0 Å². The lowest BCUT2D eigenvalue weighted by Gasteiger charge is -2.11. The number of nitrogens with one attached hydrogen (secondary N) is 1. The first-order valence-electron chi connectivity index (χ1n) is 6.31. The van der Waals surface area contributed by atoms with Crippen LogP contribution in [-0.2, 0) is 0 Å². The van der Waals surface area contributed by atoms with Crippen LogP contribution in [-0.4, -0.2) is 29.3 Å². The average molecular weight is 287 g/mol. The number of hydrogen-bond donors (Lipinski definition) is 2. The number of nitrogens with zero attached hydrogens (tertiary/aromatic N) is 2. The van der Waals surface area contributed by atoms with E-state index in [4.69, 9.17) is 9.47 Å². The van der Waals surface area contributed by atoms with Crippen molar-refractivity contribution in [2.75, 3.05) is 19.5 Å². The van der Waals surface area contributed by atoms with Gasteiger partial charge in [-0.15, -0.1) is 0 Å². The summed E-state index contributed by atoms with van der Waals surface area (Å²) in [4.78, 5) is 8.14. The van der Waals surface area contributed by atoms with Gasteiger partial charge in [-0.25, -0.2) is 9.97 Å². The summed E-state index contributed by atoms with van der Waals surface area (Å²) in [7, 11) is 2.99. The molecule has 0 spiro atoms. The van der Waals surface area contributed by atoms with Gasteiger partial charge in [0, 0.05) is 18.6 Å². The highest BCUT2D eigenvalue weighted by atomic mass is 16.5. The number of phenols is 1. The van der Waals surface area contributed by atoms with Gasteiger partial charge in [0.05, 0.1) is 14.2 Å². The fourth-order valence-electron chi connectivity index (χ4n) is 1.75. The molecule has 0 radical (unpaired) electrons. The number of allylic oxidation sites excluding steroid dienone is 1. The van der Waals surface area contributed by atoms with Crippen LogP contribution in [0.1, 0.15) is 12.5 Å². The van der Waals surface area contributed by atoms with E-state index in [9.17, 15) is 5.11 Å². The van der Waals surface area contributed by atoms with E-state index in [0.29, 0.717) is 17.4 Å². The van der Waals surface area contributed by atoms with Crippen LogP contribution >= 0.6 is 0 Å². The Bertz CT molecular complexity index is 617. The molecule has 0 saturated carbocycles. The Hall–Kier alpha value is -2.76. The Morgan fingerprint density at radius 2 is 1.71 bits per heavy atom. The molecule has 21 heavy (non-hydrogen) atoms. The minimum absolute atomic E-state index is 0.0177. The van der Waals surface area contributed by atoms with Gasteiger partial charge >= 0.3 is 0 Å². The molecule has 0 unspecified atom stereocenters. The van der Waals surface area contributed by atoms with Crippen LogP contribution in [0, 0.1) is 0 Å². The maximum absolute atomic E-state index is 9.90. The Morgan fingerprint density at radius 1 is 1.14 bits per heavy atom. The molecule has 1 aromatic carbocycles. The van der Waals surface area contributed by atoms with E-state index in [1.165, 1.54) is 14.2 Å². The zero-order chi connectivity index (χ0) is 15.2. The second-order valence-corrected chi connectivity index (χ2v) is 4.27. The predicted molar refractivity (Wildman–Crippen MR) is 80.5 cm³/mol. The predicted octanol–water partition coefficient (Wildman–Crippen LogP) is 2.67. The van der Waals surface area contributed by atoms with E-state index in [2.05, 4.69) is 15.3 Å². The summed E-state index contributed by atoms with van der Waals surface area (Å²) in [6.07, 6.45) is 5.09.